The summed E-state index contributed by atoms with van der Waals surface area (Å²) in [6, 6.07) is 0. The Balaban J connectivity index is 2.05. The van der Waals surface area contributed by atoms with Crippen molar-refractivity contribution in [3.05, 3.63) is 0 Å². The average molecular weight is 338 g/mol. The number of aliphatic hydroxyl groups is 5. The van der Waals surface area contributed by atoms with Crippen LogP contribution >= 0.6 is 0 Å². The van der Waals surface area contributed by atoms with Gasteiger partial charge in [-0.15, -0.1) is 0 Å². The minimum absolute atomic E-state index is 0.142. The molecule has 0 saturated carbocycles. The fourth-order valence-corrected chi connectivity index (χ4v) is 2.92. The predicted octanol–water partition coefficient (Wildman–Crippen LogP) is -2.44. The Kier molecular flexibility index (Phi) is 6.72. The molecule has 0 amide bonds. The second-order valence-corrected chi connectivity index (χ2v) is 5.99. The molecule has 0 bridgehead atoms. The largest absolute Gasteiger partial charge is 0.394 e. The van der Waals surface area contributed by atoms with E-state index in [2.05, 4.69) is 0 Å². The summed E-state index contributed by atoms with van der Waals surface area (Å²) in [5.74, 6) is -0.260. The second kappa shape index (κ2) is 8.15. The van der Waals surface area contributed by atoms with E-state index in [0.717, 1.165) is 0 Å². The maximum atomic E-state index is 10.2. The van der Waals surface area contributed by atoms with Crippen molar-refractivity contribution < 1.29 is 44.5 Å². The first-order valence-electron chi connectivity index (χ1n) is 7.68. The van der Waals surface area contributed by atoms with Crippen LogP contribution < -0.4 is 0 Å². The lowest BCUT2D eigenvalue weighted by Gasteiger charge is -2.44. The summed E-state index contributed by atoms with van der Waals surface area (Å²) in [5.41, 5.74) is 0. The predicted molar refractivity (Wildman–Crippen MR) is 75.2 cm³/mol. The fraction of sp³-hybridized carbons (Fsp3) is 1.00. The molecule has 9 atom stereocenters. The van der Waals surface area contributed by atoms with Crippen molar-refractivity contribution in [3.8, 4) is 0 Å². The minimum Gasteiger partial charge on any atom is -0.394 e. The van der Waals surface area contributed by atoms with Gasteiger partial charge in [-0.25, -0.2) is 0 Å². The quantitative estimate of drug-likeness (QED) is 0.370. The molecule has 136 valence electrons. The first-order chi connectivity index (χ1) is 10.9. The molecule has 2 rings (SSSR count). The highest BCUT2D eigenvalue weighted by molar-refractivity contribution is 4.91. The van der Waals surface area contributed by atoms with Gasteiger partial charge in [-0.1, -0.05) is 6.92 Å². The summed E-state index contributed by atoms with van der Waals surface area (Å²) in [6.07, 6.45) is -7.88. The average Bonchev–Trinajstić information content (AvgIpc) is 2.55. The zero-order valence-corrected chi connectivity index (χ0v) is 13.2. The Bertz CT molecular complexity index is 366. The molecule has 9 nitrogen and oxygen atoms in total. The number of rotatable bonds is 5. The van der Waals surface area contributed by atoms with Crippen molar-refractivity contribution in [2.24, 2.45) is 5.92 Å². The summed E-state index contributed by atoms with van der Waals surface area (Å²) in [4.78, 5) is 0. The maximum absolute atomic E-state index is 10.2. The van der Waals surface area contributed by atoms with Crippen LogP contribution in [0, 0.1) is 5.92 Å². The topological polar surface area (TPSA) is 138 Å². The van der Waals surface area contributed by atoms with E-state index in [4.69, 9.17) is 18.9 Å². The summed E-state index contributed by atoms with van der Waals surface area (Å²) in [7, 11) is 1.31. The molecule has 0 aromatic heterocycles. The smallest absolute Gasteiger partial charge is 0.186 e. The van der Waals surface area contributed by atoms with Crippen molar-refractivity contribution in [1.82, 2.24) is 0 Å². The van der Waals surface area contributed by atoms with Gasteiger partial charge in [0.1, 0.15) is 24.4 Å². The first-order valence-corrected chi connectivity index (χ1v) is 7.68. The van der Waals surface area contributed by atoms with Crippen molar-refractivity contribution in [2.75, 3.05) is 20.3 Å². The zero-order chi connectivity index (χ0) is 17.1. The highest BCUT2D eigenvalue weighted by atomic mass is 16.7. The van der Waals surface area contributed by atoms with Crippen molar-refractivity contribution in [3.63, 3.8) is 0 Å². The van der Waals surface area contributed by atoms with Crippen molar-refractivity contribution in [2.45, 2.75) is 62.5 Å². The van der Waals surface area contributed by atoms with Gasteiger partial charge in [0.05, 0.1) is 25.4 Å². The summed E-state index contributed by atoms with van der Waals surface area (Å²) < 4.78 is 21.4. The maximum Gasteiger partial charge on any atom is 0.186 e. The summed E-state index contributed by atoms with van der Waals surface area (Å²) in [5, 5.41) is 48.9. The third-order valence-corrected chi connectivity index (χ3v) is 4.50. The second-order valence-electron chi connectivity index (χ2n) is 5.99. The lowest BCUT2D eigenvalue weighted by atomic mass is 9.92. The van der Waals surface area contributed by atoms with E-state index in [1.54, 1.807) is 6.92 Å². The van der Waals surface area contributed by atoms with Gasteiger partial charge < -0.3 is 44.5 Å². The Morgan fingerprint density at radius 3 is 2.22 bits per heavy atom. The number of aliphatic hydroxyl groups excluding tert-OH is 5. The molecule has 2 saturated heterocycles. The fourth-order valence-electron chi connectivity index (χ4n) is 2.92. The minimum atomic E-state index is -1.36. The highest BCUT2D eigenvalue weighted by Crippen LogP contribution is 2.30. The number of methoxy groups -OCH3 is 1. The lowest BCUT2D eigenvalue weighted by molar-refractivity contribution is -0.336. The third-order valence-electron chi connectivity index (χ3n) is 4.50. The highest BCUT2D eigenvalue weighted by Gasteiger charge is 2.47. The van der Waals surface area contributed by atoms with Crippen LogP contribution in [-0.2, 0) is 18.9 Å². The first kappa shape index (κ1) is 19.0. The van der Waals surface area contributed by atoms with Crippen LogP contribution in [0.2, 0.25) is 0 Å². The van der Waals surface area contributed by atoms with Gasteiger partial charge >= 0.3 is 0 Å². The van der Waals surface area contributed by atoms with Gasteiger partial charge in [0.2, 0.25) is 0 Å². The van der Waals surface area contributed by atoms with Crippen LogP contribution in [0.25, 0.3) is 0 Å². The molecule has 9 heteroatoms. The van der Waals surface area contributed by atoms with Crippen LogP contribution in [0.3, 0.4) is 0 Å². The van der Waals surface area contributed by atoms with Crippen LogP contribution in [0.15, 0.2) is 0 Å². The molecule has 0 aromatic rings. The Morgan fingerprint density at radius 1 is 1.00 bits per heavy atom. The monoisotopic (exact) mass is 338 g/mol. The zero-order valence-electron chi connectivity index (χ0n) is 13.2. The molecule has 0 radical (unpaired) electrons. The molecule has 2 fully saturated rings. The molecule has 2 aliphatic rings. The molecule has 0 aromatic carbocycles. The lowest BCUT2D eigenvalue weighted by Crippen LogP contribution is -2.61. The number of hydrogen-bond acceptors (Lipinski definition) is 9. The van der Waals surface area contributed by atoms with Gasteiger partial charge in [-0.3, -0.25) is 0 Å². The van der Waals surface area contributed by atoms with Crippen LogP contribution in [0.5, 0.6) is 0 Å². The number of hydrogen-bond donors (Lipinski definition) is 5. The molecule has 23 heavy (non-hydrogen) atoms. The van der Waals surface area contributed by atoms with Gasteiger partial charge in [-0.05, 0) is 0 Å². The van der Waals surface area contributed by atoms with Crippen molar-refractivity contribution >= 4 is 0 Å². The van der Waals surface area contributed by atoms with Crippen LogP contribution in [-0.4, -0.2) is 95.1 Å². The Labute approximate surface area is 134 Å². The molecule has 9 unspecified atom stereocenters. The molecule has 2 aliphatic heterocycles. The Hall–Kier alpha value is -0.360. The van der Waals surface area contributed by atoms with Gasteiger partial charge in [0.25, 0.3) is 0 Å². The van der Waals surface area contributed by atoms with Crippen molar-refractivity contribution in [1.29, 1.82) is 0 Å². The van der Waals surface area contributed by atoms with E-state index in [1.165, 1.54) is 7.11 Å². The normalized spacial score (nSPS) is 48.4. The van der Waals surface area contributed by atoms with E-state index < -0.39 is 55.8 Å². The SMILES string of the molecule is COC1OC(CO)C(OC2CC(O)C(C)C(CO)O2)C(O)C1O. The van der Waals surface area contributed by atoms with Gasteiger partial charge in [0, 0.05) is 19.4 Å². The molecule has 0 spiro atoms. The van der Waals surface area contributed by atoms with Gasteiger partial charge in [0.15, 0.2) is 12.6 Å². The van der Waals surface area contributed by atoms with E-state index in [-0.39, 0.29) is 18.9 Å². The van der Waals surface area contributed by atoms with E-state index in [1.807, 2.05) is 0 Å². The molecular formula is C14H26O9. The third kappa shape index (κ3) is 4.01. The van der Waals surface area contributed by atoms with Crippen LogP contribution in [0.1, 0.15) is 13.3 Å². The molecule has 2 heterocycles. The summed E-state index contributed by atoms with van der Waals surface area (Å²) >= 11 is 0. The molecule has 0 aliphatic carbocycles. The van der Waals surface area contributed by atoms with Crippen LogP contribution in [0.4, 0.5) is 0 Å². The standard InChI is InChI=1S/C14H26O9/c1-6-7(17)3-10(21-8(6)4-15)23-13-9(5-16)22-14(20-2)12(19)11(13)18/h6-19H,3-5H2,1-2H3. The summed E-state index contributed by atoms with van der Waals surface area (Å²) in [6.45, 7) is 1.02. The Morgan fingerprint density at radius 2 is 1.65 bits per heavy atom. The van der Waals surface area contributed by atoms with E-state index in [9.17, 15) is 25.5 Å². The molecular weight excluding hydrogens is 312 g/mol. The van der Waals surface area contributed by atoms with E-state index >= 15 is 0 Å². The number of ether oxygens (including phenoxy) is 4. The van der Waals surface area contributed by atoms with Gasteiger partial charge in [-0.2, -0.15) is 0 Å². The molecule has 5 N–H and O–H groups in total. The van der Waals surface area contributed by atoms with E-state index in [0.29, 0.717) is 0 Å².